The van der Waals surface area contributed by atoms with Crippen molar-refractivity contribution in [2.75, 3.05) is 13.2 Å². The van der Waals surface area contributed by atoms with E-state index in [9.17, 15) is 14.7 Å². The van der Waals surface area contributed by atoms with E-state index in [0.717, 1.165) is 29.2 Å². The predicted molar refractivity (Wildman–Crippen MR) is 109 cm³/mol. The number of hydrogen-bond donors (Lipinski definition) is 3. The number of fused-ring (bicyclic) bond motifs is 3. The highest BCUT2D eigenvalue weighted by molar-refractivity contribution is 5.82. The number of benzene rings is 2. The van der Waals surface area contributed by atoms with Crippen LogP contribution < -0.4 is 5.73 Å². The second-order valence-electron chi connectivity index (χ2n) is 7.25. The van der Waals surface area contributed by atoms with E-state index in [-0.39, 0.29) is 12.5 Å². The zero-order valence-corrected chi connectivity index (χ0v) is 16.5. The first kappa shape index (κ1) is 21.3. The summed E-state index contributed by atoms with van der Waals surface area (Å²) >= 11 is 0. The molecule has 0 unspecified atom stereocenters. The Bertz CT molecular complexity index is 911. The number of rotatable bonds is 3. The van der Waals surface area contributed by atoms with Crippen LogP contribution in [0.4, 0.5) is 4.79 Å². The van der Waals surface area contributed by atoms with Crippen molar-refractivity contribution >= 4 is 18.0 Å². The van der Waals surface area contributed by atoms with Crippen LogP contribution in [0.5, 0.6) is 0 Å². The fraction of sp³-hybridized carbons (Fsp3) is 0.318. The molecule has 0 bridgehead atoms. The number of carboxylic acids is 2. The van der Waals surface area contributed by atoms with Crippen molar-refractivity contribution in [3.8, 4) is 11.1 Å². The van der Waals surface area contributed by atoms with Gasteiger partial charge in [0.05, 0.1) is 0 Å². The van der Waals surface area contributed by atoms with Crippen molar-refractivity contribution < 1.29 is 29.3 Å². The van der Waals surface area contributed by atoms with Crippen LogP contribution in [0.15, 0.2) is 48.5 Å². The lowest BCUT2D eigenvalue weighted by molar-refractivity contribution is -0.142. The largest absolute Gasteiger partial charge is 0.481 e. The third-order valence-corrected chi connectivity index (χ3v) is 5.27. The maximum Gasteiger partial charge on any atom is 0.410 e. The molecule has 0 radical (unpaired) electrons. The second-order valence-corrected chi connectivity index (χ2v) is 7.25. The molecule has 0 aromatic heterocycles. The zero-order chi connectivity index (χ0) is 21.8. The van der Waals surface area contributed by atoms with Gasteiger partial charge in [-0.25, -0.2) is 9.59 Å². The van der Waals surface area contributed by atoms with Gasteiger partial charge in [-0.15, -0.1) is 0 Å². The fourth-order valence-corrected chi connectivity index (χ4v) is 4.01. The van der Waals surface area contributed by atoms with Gasteiger partial charge in [0.2, 0.25) is 0 Å². The van der Waals surface area contributed by atoms with Gasteiger partial charge in [-0.2, -0.15) is 0 Å². The first-order valence-corrected chi connectivity index (χ1v) is 9.60. The topological polar surface area (TPSA) is 130 Å². The Kier molecular flexibility index (Phi) is 6.37. The van der Waals surface area contributed by atoms with Crippen LogP contribution in [0, 0.1) is 0 Å². The molecule has 2 aromatic rings. The summed E-state index contributed by atoms with van der Waals surface area (Å²) in [5, 5.41) is 16.7. The molecule has 1 fully saturated rings. The van der Waals surface area contributed by atoms with Crippen molar-refractivity contribution in [3.05, 3.63) is 59.7 Å². The van der Waals surface area contributed by atoms with E-state index < -0.39 is 30.1 Å². The third-order valence-electron chi connectivity index (χ3n) is 5.27. The number of aliphatic carboxylic acids is 2. The Hall–Kier alpha value is -3.39. The SMILES string of the molecule is CC(=O)O.N[C@@H]1CCN(C(=O)OCC2c3ccccc3-c3ccccc32)[C@@H]1C(=O)O. The third kappa shape index (κ3) is 4.28. The molecule has 4 rings (SSSR count). The van der Waals surface area contributed by atoms with Crippen LogP contribution >= 0.6 is 0 Å². The Morgan fingerprint density at radius 1 is 1.03 bits per heavy atom. The number of amides is 1. The highest BCUT2D eigenvalue weighted by atomic mass is 16.6. The Morgan fingerprint density at radius 3 is 2.03 bits per heavy atom. The van der Waals surface area contributed by atoms with Gasteiger partial charge in [0.15, 0.2) is 0 Å². The predicted octanol–water partition coefficient (Wildman–Crippen LogP) is 2.51. The van der Waals surface area contributed by atoms with Gasteiger partial charge in [0.25, 0.3) is 5.97 Å². The minimum Gasteiger partial charge on any atom is -0.481 e. The second kappa shape index (κ2) is 8.96. The summed E-state index contributed by atoms with van der Waals surface area (Å²) in [5.41, 5.74) is 10.4. The fourth-order valence-electron chi connectivity index (χ4n) is 4.01. The standard InChI is InChI=1S/C20H20N2O4.C2H4O2/c21-17-9-10-22(18(17)19(23)24)20(25)26-11-16-14-7-3-1-5-12(14)13-6-2-4-8-15(13)16;1-2(3)4/h1-8,16-18H,9-11,21H2,(H,23,24);1H3,(H,3,4)/t17-,18+;/m1./s1. The molecule has 158 valence electrons. The van der Waals surface area contributed by atoms with Gasteiger partial charge in [-0.3, -0.25) is 9.69 Å². The van der Waals surface area contributed by atoms with Crippen molar-refractivity contribution in [2.45, 2.75) is 31.3 Å². The minimum atomic E-state index is -1.09. The molecule has 1 aliphatic carbocycles. The van der Waals surface area contributed by atoms with E-state index in [0.29, 0.717) is 13.0 Å². The average Bonchev–Trinajstić information content (AvgIpc) is 3.24. The monoisotopic (exact) mass is 412 g/mol. The number of nitrogens with two attached hydrogens (primary N) is 1. The van der Waals surface area contributed by atoms with Crippen LogP contribution in [0.2, 0.25) is 0 Å². The summed E-state index contributed by atoms with van der Waals surface area (Å²) < 4.78 is 5.52. The molecule has 30 heavy (non-hydrogen) atoms. The molecule has 2 aromatic carbocycles. The van der Waals surface area contributed by atoms with Gasteiger partial charge in [0.1, 0.15) is 12.6 Å². The van der Waals surface area contributed by atoms with Crippen LogP contribution in [0.3, 0.4) is 0 Å². The summed E-state index contributed by atoms with van der Waals surface area (Å²) in [7, 11) is 0. The van der Waals surface area contributed by atoms with E-state index in [1.54, 1.807) is 0 Å². The van der Waals surface area contributed by atoms with E-state index in [1.807, 2.05) is 36.4 Å². The van der Waals surface area contributed by atoms with Crippen LogP contribution in [0.25, 0.3) is 11.1 Å². The first-order chi connectivity index (χ1) is 14.3. The molecular weight excluding hydrogens is 388 g/mol. The minimum absolute atomic E-state index is 0.0501. The number of hydrogen-bond acceptors (Lipinski definition) is 5. The highest BCUT2D eigenvalue weighted by Gasteiger charge is 2.41. The van der Waals surface area contributed by atoms with Crippen LogP contribution in [0.1, 0.15) is 30.4 Å². The van der Waals surface area contributed by atoms with Crippen molar-refractivity contribution in [2.24, 2.45) is 5.73 Å². The van der Waals surface area contributed by atoms with Gasteiger partial charge in [-0.1, -0.05) is 48.5 Å². The van der Waals surface area contributed by atoms with E-state index in [1.165, 1.54) is 4.90 Å². The van der Waals surface area contributed by atoms with Gasteiger partial charge < -0.3 is 20.7 Å². The van der Waals surface area contributed by atoms with E-state index >= 15 is 0 Å². The summed E-state index contributed by atoms with van der Waals surface area (Å²) in [6, 6.07) is 14.6. The lowest BCUT2D eigenvalue weighted by Crippen LogP contribution is -2.48. The Balaban J connectivity index is 0.000000589. The number of nitrogens with zero attached hydrogens (tertiary/aromatic N) is 1. The Morgan fingerprint density at radius 2 is 1.53 bits per heavy atom. The summed E-state index contributed by atoms with van der Waals surface area (Å²) in [6.07, 6.45) is -0.159. The molecular formula is C22H24N2O6. The summed E-state index contributed by atoms with van der Waals surface area (Å²) in [5.74, 6) is -1.98. The first-order valence-electron chi connectivity index (χ1n) is 9.60. The lowest BCUT2D eigenvalue weighted by atomic mass is 9.98. The maximum atomic E-state index is 12.5. The molecule has 1 aliphatic heterocycles. The van der Waals surface area contributed by atoms with Crippen molar-refractivity contribution in [3.63, 3.8) is 0 Å². The molecule has 0 saturated carbocycles. The highest BCUT2D eigenvalue weighted by Crippen LogP contribution is 2.44. The number of carbonyl (C=O) groups excluding carboxylic acids is 1. The summed E-state index contributed by atoms with van der Waals surface area (Å²) in [4.78, 5) is 34.1. The van der Waals surface area contributed by atoms with Gasteiger partial charge in [-0.05, 0) is 28.7 Å². The molecule has 1 saturated heterocycles. The lowest BCUT2D eigenvalue weighted by Gasteiger charge is -2.23. The molecule has 1 amide bonds. The summed E-state index contributed by atoms with van der Waals surface area (Å²) in [6.45, 7) is 1.56. The number of ether oxygens (including phenoxy) is 1. The van der Waals surface area contributed by atoms with Crippen molar-refractivity contribution in [1.82, 2.24) is 4.90 Å². The normalized spacial score (nSPS) is 19.3. The van der Waals surface area contributed by atoms with E-state index in [4.69, 9.17) is 20.4 Å². The van der Waals surface area contributed by atoms with Crippen LogP contribution in [-0.2, 0) is 14.3 Å². The molecule has 8 heteroatoms. The molecule has 2 atom stereocenters. The molecule has 1 heterocycles. The number of carbonyl (C=O) groups is 3. The van der Waals surface area contributed by atoms with Crippen molar-refractivity contribution in [1.29, 1.82) is 0 Å². The molecule has 8 nitrogen and oxygen atoms in total. The smallest absolute Gasteiger partial charge is 0.410 e. The number of likely N-dealkylation sites (tertiary alicyclic amines) is 1. The zero-order valence-electron chi connectivity index (χ0n) is 16.5. The van der Waals surface area contributed by atoms with Gasteiger partial charge >= 0.3 is 12.1 Å². The van der Waals surface area contributed by atoms with E-state index in [2.05, 4.69) is 12.1 Å². The molecule has 2 aliphatic rings. The van der Waals surface area contributed by atoms with Crippen LogP contribution in [-0.4, -0.2) is 58.4 Å². The Labute approximate surface area is 173 Å². The average molecular weight is 412 g/mol. The van der Waals surface area contributed by atoms with Gasteiger partial charge in [0, 0.05) is 25.4 Å². The maximum absolute atomic E-state index is 12.5. The molecule has 4 N–H and O–H groups in total. The molecule has 0 spiro atoms. The number of carboxylic acid groups (broad SMARTS) is 2. The quantitative estimate of drug-likeness (QED) is 0.706.